The van der Waals surface area contributed by atoms with E-state index >= 15 is 0 Å². The molecule has 0 spiro atoms. The number of H-pyrrole nitrogens is 6. The van der Waals surface area contributed by atoms with Gasteiger partial charge in [0.15, 0.2) is 34.8 Å². The number of hydrogen-bond donors (Lipinski definition) is 9. The number of fused-ring (bicyclic) bond motifs is 6. The number of carbonyl (C=O) groups is 6. The summed E-state index contributed by atoms with van der Waals surface area (Å²) < 4.78 is 0. The first-order valence-electron chi connectivity index (χ1n) is 38.1. The molecule has 20 aromatic rings. The molecule has 3 amide bonds. The first kappa shape index (κ1) is 76.6. The van der Waals surface area contributed by atoms with E-state index in [0.717, 1.165) is 136 Å². The summed E-state index contributed by atoms with van der Waals surface area (Å²) in [6.07, 6.45) is 21.0. The predicted molar refractivity (Wildman–Crippen MR) is 473 cm³/mol. The summed E-state index contributed by atoms with van der Waals surface area (Å²) in [4.78, 5) is 129. The Hall–Kier alpha value is -15.7. The molecule has 0 saturated carbocycles. The zero-order chi connectivity index (χ0) is 82.9. The van der Waals surface area contributed by atoms with E-state index in [4.69, 9.17) is 15.0 Å². The Labute approximate surface area is 698 Å². The summed E-state index contributed by atoms with van der Waals surface area (Å²) in [7, 11) is 0. The molecule has 20 rings (SSSR count). The molecule has 15 aromatic heterocycles. The Morgan fingerprint density at radius 2 is 0.711 bits per heavy atom. The highest BCUT2D eigenvalue weighted by Gasteiger charge is 2.24. The molecule has 9 N–H and O–H groups in total. The highest BCUT2D eigenvalue weighted by Crippen LogP contribution is 2.41. The van der Waals surface area contributed by atoms with Gasteiger partial charge in [0.2, 0.25) is 11.8 Å². The number of aromatic nitrogens is 18. The lowest BCUT2D eigenvalue weighted by Gasteiger charge is -2.09. The van der Waals surface area contributed by atoms with Gasteiger partial charge in [-0.15, -0.1) is 34.0 Å². The number of pyridine rings is 6. The third kappa shape index (κ3) is 16.0. The van der Waals surface area contributed by atoms with Crippen LogP contribution in [0.5, 0.6) is 0 Å². The summed E-state index contributed by atoms with van der Waals surface area (Å²) in [6.45, 7) is 8.38. The van der Waals surface area contributed by atoms with Gasteiger partial charge in [-0.1, -0.05) is 80.6 Å². The zero-order valence-electron chi connectivity index (χ0n) is 64.9. The van der Waals surface area contributed by atoms with Crippen molar-refractivity contribution in [2.45, 2.75) is 41.0 Å². The fourth-order valence-corrected chi connectivity index (χ4v) is 16.6. The van der Waals surface area contributed by atoms with Crippen molar-refractivity contribution in [2.75, 3.05) is 16.0 Å². The van der Waals surface area contributed by atoms with Crippen molar-refractivity contribution in [1.29, 1.82) is 0 Å². The fraction of sp³-hybridized carbons (Fsp3) is 0.0769. The van der Waals surface area contributed by atoms with Gasteiger partial charge in [0.25, 0.3) is 5.91 Å². The number of rotatable bonds is 19. The Morgan fingerprint density at radius 3 is 1.07 bits per heavy atom. The average Bonchev–Trinajstić information content (AvgIpc) is 1.62. The van der Waals surface area contributed by atoms with E-state index in [9.17, 15) is 28.8 Å². The van der Waals surface area contributed by atoms with E-state index in [0.29, 0.717) is 71.8 Å². The Morgan fingerprint density at radius 1 is 0.355 bits per heavy atom. The standard InChI is InChI=1S/C32H23N7O2S.C31H21N7O2S.C28H23N7O2S/c1-18(40)27-9-10-28(42-27)24-16-34-17-26-30(24)37-32(36-26)31-23-13-20(7-8-25(23)38-39-31)21-12-22(15-33-14-21)35-29(41)11-19-5-3-2-4-6-19;1-17(39)26-9-10-27(41-26)23-15-33-16-25-28(23)36-30(35-25)29-22-12-19(7-8-24(22)37-38-29)20-11-21(14-32-13-20)34-31(40)18-5-3-2-4-6-18;1-14(2)28(37)31-18-8-17(10-29-11-18)16-4-5-21-19(9-16)26(35-34-21)27-32-22-13-30-12-20(25(22)33-27)24-7-6-23(38-24)15(3)36/h2-10,12-17H,11H2,1H3,(H,35,41)(H,36,37)(H,38,39);2-16H,1H3,(H,34,40)(H,35,36)(H,37,38);4-14H,1-3H3,(H,31,37)(H,32,33)(H,34,35). The largest absolute Gasteiger partial charge is 0.335 e. The molecule has 0 bridgehead atoms. The summed E-state index contributed by atoms with van der Waals surface area (Å²) in [6, 6.07) is 53.6. The quantitative estimate of drug-likeness (QED) is 0.0340. The number of aromatic amines is 6. The molecule has 27 nitrogen and oxygen atoms in total. The van der Waals surface area contributed by atoms with Crippen molar-refractivity contribution in [3.63, 3.8) is 0 Å². The van der Waals surface area contributed by atoms with Crippen LogP contribution in [0.1, 0.15) is 79.6 Å². The van der Waals surface area contributed by atoms with E-state index in [1.54, 1.807) is 107 Å². The second kappa shape index (κ2) is 32.8. The first-order chi connectivity index (χ1) is 58.9. The third-order valence-electron chi connectivity index (χ3n) is 20.0. The molecular formula is C91H67N21O6S3. The molecule has 0 atom stereocenters. The SMILES string of the molecule is CC(=O)c1ccc(-c2cncc3[nH]c(-c4n[nH]c5ccc(-c6cncc(NC(=O)C(C)C)c6)cc45)nc23)s1.CC(=O)c1ccc(-c2cncc3[nH]c(-c4n[nH]c5ccc(-c6cncc(NC(=O)Cc7ccccc7)c6)cc45)nc23)s1.CC(=O)c1ccc(-c2cncc3[nH]c(-c4n[nH]c5ccc(-c6cncc(NC(=O)c7ccccc7)c6)cc45)nc23)s1. The van der Waals surface area contributed by atoms with Gasteiger partial charge >= 0.3 is 0 Å². The molecule has 121 heavy (non-hydrogen) atoms. The number of amides is 3. The van der Waals surface area contributed by atoms with Crippen molar-refractivity contribution in [3.8, 4) is 99.3 Å². The second-order valence-corrected chi connectivity index (χ2v) is 32.0. The zero-order valence-corrected chi connectivity index (χ0v) is 67.4. The van der Waals surface area contributed by atoms with Crippen molar-refractivity contribution < 1.29 is 28.8 Å². The summed E-state index contributed by atoms with van der Waals surface area (Å²) in [5.74, 6) is 1.42. The molecule has 5 aromatic carbocycles. The molecule has 0 saturated heterocycles. The maximum atomic E-state index is 12.6. The number of ketones is 3. The number of imidazole rings is 3. The number of nitrogens with one attached hydrogen (secondary N) is 9. The van der Waals surface area contributed by atoms with Crippen molar-refractivity contribution in [2.24, 2.45) is 5.92 Å². The topological polar surface area (TPSA) is 388 Å². The average molecular weight is 1650 g/mol. The number of carbonyl (C=O) groups excluding carboxylic acids is 6. The molecule has 590 valence electrons. The van der Waals surface area contributed by atoms with Crippen LogP contribution < -0.4 is 16.0 Å². The lowest BCUT2D eigenvalue weighted by atomic mass is 10.0. The summed E-state index contributed by atoms with van der Waals surface area (Å²) in [5, 5.41) is 34.4. The van der Waals surface area contributed by atoms with Gasteiger partial charge in [0, 0.05) is 113 Å². The Kier molecular flexibility index (Phi) is 20.8. The van der Waals surface area contributed by atoms with Crippen LogP contribution in [0.15, 0.2) is 244 Å². The Bertz CT molecular complexity index is 7430. The van der Waals surface area contributed by atoms with Gasteiger partial charge in [-0.3, -0.25) is 74.0 Å². The number of hydrogen-bond acceptors (Lipinski definition) is 21. The van der Waals surface area contributed by atoms with Crippen LogP contribution in [0.4, 0.5) is 17.1 Å². The number of thiophene rings is 3. The van der Waals surface area contributed by atoms with Crippen LogP contribution in [0.2, 0.25) is 0 Å². The highest BCUT2D eigenvalue weighted by atomic mass is 32.1. The lowest BCUT2D eigenvalue weighted by Crippen LogP contribution is -2.17. The number of Topliss-reactive ketones (excluding diaryl/α,β-unsaturated/α-hetero) is 3. The Balaban J connectivity index is 0.000000124. The molecule has 15 heterocycles. The van der Waals surface area contributed by atoms with Crippen LogP contribution in [0.3, 0.4) is 0 Å². The molecule has 0 fully saturated rings. The normalized spacial score (nSPS) is 11.3. The number of anilines is 3. The summed E-state index contributed by atoms with van der Waals surface area (Å²) >= 11 is 4.28. The molecule has 0 unspecified atom stereocenters. The van der Waals surface area contributed by atoms with Gasteiger partial charge in [-0.05, 0) is 146 Å². The van der Waals surface area contributed by atoms with Crippen LogP contribution in [0.25, 0.3) is 165 Å². The first-order valence-corrected chi connectivity index (χ1v) is 40.5. The number of benzene rings is 5. The van der Waals surface area contributed by atoms with Gasteiger partial charge in [0.1, 0.15) is 33.6 Å². The van der Waals surface area contributed by atoms with Crippen LogP contribution >= 0.6 is 34.0 Å². The highest BCUT2D eigenvalue weighted by molar-refractivity contribution is 7.18. The lowest BCUT2D eigenvalue weighted by molar-refractivity contribution is -0.119. The second-order valence-electron chi connectivity index (χ2n) is 28.7. The van der Waals surface area contributed by atoms with E-state index in [2.05, 4.69) is 91.4 Å². The van der Waals surface area contributed by atoms with Crippen molar-refractivity contribution >= 4 is 152 Å². The molecular weight excluding hydrogens is 1580 g/mol. The molecule has 0 aliphatic carbocycles. The predicted octanol–water partition coefficient (Wildman–Crippen LogP) is 19.5. The van der Waals surface area contributed by atoms with E-state index in [1.807, 2.05) is 172 Å². The maximum absolute atomic E-state index is 12.6. The van der Waals surface area contributed by atoms with Gasteiger partial charge in [0.05, 0.1) is 108 Å². The molecule has 0 aliphatic rings. The maximum Gasteiger partial charge on any atom is 0.255 e. The minimum absolute atomic E-state index is 0.0298. The van der Waals surface area contributed by atoms with Crippen LogP contribution in [-0.2, 0) is 16.0 Å². The molecule has 0 aliphatic heterocycles. The van der Waals surface area contributed by atoms with Crippen LogP contribution in [-0.4, -0.2) is 125 Å². The summed E-state index contributed by atoms with van der Waals surface area (Å²) in [5.41, 5.74) is 20.5. The molecule has 30 heteroatoms. The minimum Gasteiger partial charge on any atom is -0.335 e. The smallest absolute Gasteiger partial charge is 0.255 e. The minimum atomic E-state index is -0.198. The van der Waals surface area contributed by atoms with Crippen LogP contribution in [0, 0.1) is 5.92 Å². The van der Waals surface area contributed by atoms with Gasteiger partial charge in [-0.2, -0.15) is 15.3 Å². The third-order valence-corrected chi connectivity index (χ3v) is 23.6. The van der Waals surface area contributed by atoms with E-state index < -0.39 is 0 Å². The monoisotopic (exact) mass is 1650 g/mol. The number of nitrogens with zero attached hydrogens (tertiary/aromatic N) is 12. The fourth-order valence-electron chi connectivity index (χ4n) is 13.9. The van der Waals surface area contributed by atoms with Gasteiger partial charge in [-0.25, -0.2) is 15.0 Å². The van der Waals surface area contributed by atoms with E-state index in [1.165, 1.54) is 34.0 Å². The van der Waals surface area contributed by atoms with Crippen molar-refractivity contribution in [3.05, 3.63) is 270 Å². The molecule has 0 radical (unpaired) electrons. The van der Waals surface area contributed by atoms with Crippen molar-refractivity contribution in [1.82, 2.24) is 90.4 Å². The van der Waals surface area contributed by atoms with Gasteiger partial charge < -0.3 is 30.9 Å². The van der Waals surface area contributed by atoms with E-state index in [-0.39, 0.29) is 47.4 Å².